The number of carbonyl (C=O) groups excluding carboxylic acids is 2. The average Bonchev–Trinajstić information content (AvgIpc) is 2.94. The van der Waals surface area contributed by atoms with Gasteiger partial charge in [0.05, 0.1) is 32.2 Å². The molecule has 0 aliphatic carbocycles. The second-order valence-electron chi connectivity index (χ2n) is 11.7. The van der Waals surface area contributed by atoms with Gasteiger partial charge in [-0.05, 0) is 53.5 Å². The van der Waals surface area contributed by atoms with Crippen molar-refractivity contribution in [2.75, 3.05) is 13.7 Å². The molecule has 1 aliphatic rings. The number of ether oxygens (including phenoxy) is 4. The molecule has 7 atom stereocenters. The standard InChI is InChI=1S/C31H44O14/c1-15(2)7-9-17-11-19(28(29(39)40)44-22(34)13-31(5,41)12-21(33)42-6)18(10-8-16(3)4)23(35)27(17)45-30-26(38)25(37)24(36)20(14-32)43-30/h7-8,11,20,24-26,28,30,32,35-38,41H,9-10,12-14H2,1-6H3,(H,39,40)/t20-,24-,25+,26-,28?,30+,31?/m1/s1. The first-order valence-corrected chi connectivity index (χ1v) is 14.2. The number of aromatic hydroxyl groups is 1. The second-order valence-corrected chi connectivity index (χ2v) is 11.7. The van der Waals surface area contributed by atoms with Crippen LogP contribution in [0, 0.1) is 0 Å². The van der Waals surface area contributed by atoms with Gasteiger partial charge in [-0.15, -0.1) is 0 Å². The van der Waals surface area contributed by atoms with Crippen molar-refractivity contribution in [3.05, 3.63) is 46.1 Å². The molecule has 1 heterocycles. The number of aliphatic carboxylic acids is 1. The third kappa shape index (κ3) is 10.2. The van der Waals surface area contributed by atoms with Gasteiger partial charge in [0, 0.05) is 16.7 Å². The van der Waals surface area contributed by atoms with Crippen molar-refractivity contribution in [3.63, 3.8) is 0 Å². The summed E-state index contributed by atoms with van der Waals surface area (Å²) in [5.74, 6) is -4.34. The van der Waals surface area contributed by atoms with E-state index >= 15 is 0 Å². The van der Waals surface area contributed by atoms with Gasteiger partial charge in [0.1, 0.15) is 24.4 Å². The lowest BCUT2D eigenvalue weighted by Crippen LogP contribution is -2.60. The number of phenolic OH excluding ortho intramolecular Hbond substituents is 1. The Balaban J connectivity index is 2.69. The third-order valence-electron chi connectivity index (χ3n) is 7.03. The van der Waals surface area contributed by atoms with E-state index in [0.717, 1.165) is 18.3 Å². The number of esters is 2. The zero-order valence-corrected chi connectivity index (χ0v) is 26.2. The molecular weight excluding hydrogens is 596 g/mol. The van der Waals surface area contributed by atoms with Gasteiger partial charge in [-0.2, -0.15) is 0 Å². The highest BCUT2D eigenvalue weighted by atomic mass is 16.7. The zero-order chi connectivity index (χ0) is 34.2. The van der Waals surface area contributed by atoms with Crippen LogP contribution in [0.3, 0.4) is 0 Å². The monoisotopic (exact) mass is 640 g/mol. The van der Waals surface area contributed by atoms with Crippen LogP contribution in [0.25, 0.3) is 0 Å². The Hall–Kier alpha value is -3.53. The number of benzene rings is 1. The van der Waals surface area contributed by atoms with Crippen molar-refractivity contribution in [2.24, 2.45) is 0 Å². The van der Waals surface area contributed by atoms with Crippen LogP contribution in [0.5, 0.6) is 11.5 Å². The maximum atomic E-state index is 12.8. The van der Waals surface area contributed by atoms with Gasteiger partial charge >= 0.3 is 17.9 Å². The molecule has 2 rings (SSSR count). The molecule has 0 aromatic heterocycles. The van der Waals surface area contributed by atoms with Crippen LogP contribution in [-0.4, -0.2) is 104 Å². The molecular formula is C31H44O14. The molecule has 1 saturated heterocycles. The predicted octanol–water partition coefficient (Wildman–Crippen LogP) is 0.961. The molecule has 1 fully saturated rings. The smallest absolute Gasteiger partial charge is 0.349 e. The van der Waals surface area contributed by atoms with E-state index in [1.54, 1.807) is 39.8 Å². The molecule has 45 heavy (non-hydrogen) atoms. The van der Waals surface area contributed by atoms with E-state index in [9.17, 15) is 50.1 Å². The number of hydrogen-bond donors (Lipinski definition) is 7. The number of aliphatic hydroxyl groups is 5. The van der Waals surface area contributed by atoms with Crippen molar-refractivity contribution in [2.45, 2.75) is 103 Å². The zero-order valence-electron chi connectivity index (χ0n) is 26.2. The second kappa shape index (κ2) is 16.2. The highest BCUT2D eigenvalue weighted by Gasteiger charge is 2.45. The van der Waals surface area contributed by atoms with Gasteiger partial charge < -0.3 is 54.7 Å². The lowest BCUT2D eigenvalue weighted by molar-refractivity contribution is -0.277. The van der Waals surface area contributed by atoms with Gasteiger partial charge in [0.2, 0.25) is 12.4 Å². The number of phenols is 1. The molecule has 252 valence electrons. The fourth-order valence-electron chi connectivity index (χ4n) is 4.58. The minimum atomic E-state index is -1.97. The Morgan fingerprint density at radius 3 is 2.09 bits per heavy atom. The van der Waals surface area contributed by atoms with Crippen molar-refractivity contribution in [1.82, 2.24) is 0 Å². The van der Waals surface area contributed by atoms with E-state index in [1.165, 1.54) is 13.0 Å². The van der Waals surface area contributed by atoms with E-state index in [4.69, 9.17) is 14.2 Å². The van der Waals surface area contributed by atoms with Gasteiger partial charge in [0.25, 0.3) is 0 Å². The van der Waals surface area contributed by atoms with Crippen LogP contribution in [0.1, 0.15) is 70.3 Å². The maximum Gasteiger partial charge on any atom is 0.349 e. The lowest BCUT2D eigenvalue weighted by Gasteiger charge is -2.40. The number of allylic oxidation sites excluding steroid dienone is 4. The highest BCUT2D eigenvalue weighted by molar-refractivity contribution is 5.81. The number of carboxylic acid groups (broad SMARTS) is 1. The predicted molar refractivity (Wildman–Crippen MR) is 157 cm³/mol. The molecule has 1 aromatic rings. The van der Waals surface area contributed by atoms with Crippen molar-refractivity contribution < 1.29 is 69.1 Å². The average molecular weight is 641 g/mol. The van der Waals surface area contributed by atoms with E-state index in [0.29, 0.717) is 0 Å². The number of carbonyl (C=O) groups is 3. The van der Waals surface area contributed by atoms with E-state index in [2.05, 4.69) is 4.74 Å². The van der Waals surface area contributed by atoms with Gasteiger partial charge in [-0.3, -0.25) is 9.59 Å². The number of rotatable bonds is 14. The normalized spacial score (nSPS) is 23.2. The quantitative estimate of drug-likeness (QED) is 0.111. The Kier molecular flexibility index (Phi) is 13.5. The topological polar surface area (TPSA) is 230 Å². The Labute approximate surface area is 261 Å². The van der Waals surface area contributed by atoms with Crippen LogP contribution in [0.15, 0.2) is 29.4 Å². The Morgan fingerprint density at radius 1 is 0.978 bits per heavy atom. The maximum absolute atomic E-state index is 12.8. The molecule has 14 heteroatoms. The molecule has 0 saturated carbocycles. The third-order valence-corrected chi connectivity index (χ3v) is 7.03. The summed E-state index contributed by atoms with van der Waals surface area (Å²) in [7, 11) is 1.11. The molecule has 0 bridgehead atoms. The highest BCUT2D eigenvalue weighted by Crippen LogP contribution is 2.42. The number of hydrogen-bond acceptors (Lipinski definition) is 13. The van der Waals surface area contributed by atoms with Gasteiger partial charge in [0.15, 0.2) is 11.5 Å². The fourth-order valence-corrected chi connectivity index (χ4v) is 4.58. The van der Waals surface area contributed by atoms with Crippen LogP contribution in [-0.2, 0) is 41.4 Å². The number of aliphatic hydroxyl groups excluding tert-OH is 4. The first kappa shape index (κ1) is 37.7. The first-order valence-electron chi connectivity index (χ1n) is 14.2. The molecule has 14 nitrogen and oxygen atoms in total. The van der Waals surface area contributed by atoms with Crippen molar-refractivity contribution in [3.8, 4) is 11.5 Å². The molecule has 0 spiro atoms. The summed E-state index contributed by atoms with van der Waals surface area (Å²) in [6.45, 7) is 7.60. The van der Waals surface area contributed by atoms with E-state index in [1.807, 2.05) is 0 Å². The minimum absolute atomic E-state index is 0.0155. The molecule has 0 radical (unpaired) electrons. The molecule has 0 amide bonds. The Morgan fingerprint density at radius 2 is 1.56 bits per heavy atom. The molecule has 2 unspecified atom stereocenters. The van der Waals surface area contributed by atoms with Crippen LogP contribution in [0.2, 0.25) is 0 Å². The number of carboxylic acids is 1. The summed E-state index contributed by atoms with van der Waals surface area (Å²) in [6.07, 6.45) is -8.03. The summed E-state index contributed by atoms with van der Waals surface area (Å²) in [6, 6.07) is 1.35. The minimum Gasteiger partial charge on any atom is -0.504 e. The largest absolute Gasteiger partial charge is 0.504 e. The van der Waals surface area contributed by atoms with Crippen molar-refractivity contribution in [1.29, 1.82) is 0 Å². The summed E-state index contributed by atoms with van der Waals surface area (Å²) >= 11 is 0. The van der Waals surface area contributed by atoms with Gasteiger partial charge in [-0.1, -0.05) is 23.3 Å². The molecule has 1 aliphatic heterocycles. The molecule has 7 N–H and O–H groups in total. The molecule has 1 aromatic carbocycles. The first-order chi connectivity index (χ1) is 20.9. The summed E-state index contributed by atoms with van der Waals surface area (Å²) in [5.41, 5.74) is -0.208. The summed E-state index contributed by atoms with van der Waals surface area (Å²) in [4.78, 5) is 37.0. The SMILES string of the molecule is COC(=O)CC(C)(O)CC(=O)OC(C(=O)O)c1cc(CC=C(C)C)c(O[C@@H]2O[C@H](CO)[C@@H](O)[C@H](O)[C@H]2O)c(O)c1CC=C(C)C. The lowest BCUT2D eigenvalue weighted by atomic mass is 9.92. The summed E-state index contributed by atoms with van der Waals surface area (Å²) in [5, 5.41) is 72.8. The Bertz CT molecular complexity index is 1270. The summed E-state index contributed by atoms with van der Waals surface area (Å²) < 4.78 is 21.2. The number of methoxy groups -OCH3 is 1. The fraction of sp³-hybridized carbons (Fsp3) is 0.581. The van der Waals surface area contributed by atoms with Crippen LogP contribution in [0.4, 0.5) is 0 Å². The van der Waals surface area contributed by atoms with Crippen LogP contribution < -0.4 is 4.74 Å². The van der Waals surface area contributed by atoms with Gasteiger partial charge in [-0.25, -0.2) is 4.79 Å². The van der Waals surface area contributed by atoms with E-state index in [-0.39, 0.29) is 35.3 Å². The van der Waals surface area contributed by atoms with Crippen LogP contribution >= 0.6 is 0 Å². The van der Waals surface area contributed by atoms with E-state index < -0.39 is 85.5 Å². The van der Waals surface area contributed by atoms with Crippen molar-refractivity contribution >= 4 is 17.9 Å².